The molecule has 0 saturated carbocycles. The van der Waals surface area contributed by atoms with E-state index in [1.54, 1.807) is 0 Å². The summed E-state index contributed by atoms with van der Waals surface area (Å²) in [6, 6.07) is 7.65. The lowest BCUT2D eigenvalue weighted by Crippen LogP contribution is -2.45. The molecule has 0 bridgehead atoms. The van der Waals surface area contributed by atoms with Crippen LogP contribution >= 0.6 is 0 Å². The lowest BCUT2D eigenvalue weighted by atomic mass is 10.1. The van der Waals surface area contributed by atoms with Crippen LogP contribution in [0.4, 0.5) is 11.4 Å². The van der Waals surface area contributed by atoms with Crippen molar-refractivity contribution in [1.82, 2.24) is 0 Å². The van der Waals surface area contributed by atoms with Crippen LogP contribution in [0.3, 0.4) is 0 Å². The number of rotatable bonds is 3. The monoisotopic (exact) mass is 352 g/mol. The molecule has 1 aromatic rings. The van der Waals surface area contributed by atoms with E-state index in [1.807, 2.05) is 38.1 Å². The molecular formula is C17H24N2O4S. The molecular weight excluding hydrogens is 328 g/mol. The SMILES string of the molecule is C[C@@H]1CN(c2ccccc2NC(=O)[C@@H]2CCS(=O)(=O)C2)C[C@H](C)O1. The first-order valence-corrected chi connectivity index (χ1v) is 10.2. The molecule has 2 aliphatic rings. The minimum absolute atomic E-state index is 0.0490. The van der Waals surface area contributed by atoms with Gasteiger partial charge in [-0.1, -0.05) is 12.1 Å². The fourth-order valence-electron chi connectivity index (χ4n) is 3.47. The van der Waals surface area contributed by atoms with Gasteiger partial charge in [0, 0.05) is 13.1 Å². The highest BCUT2D eigenvalue weighted by molar-refractivity contribution is 7.91. The second-order valence-corrected chi connectivity index (χ2v) is 9.00. The predicted molar refractivity (Wildman–Crippen MR) is 94.1 cm³/mol. The van der Waals surface area contributed by atoms with Gasteiger partial charge in [0.05, 0.1) is 41.0 Å². The number of nitrogens with zero attached hydrogens (tertiary/aromatic N) is 1. The Morgan fingerprint density at radius 2 is 1.88 bits per heavy atom. The van der Waals surface area contributed by atoms with E-state index in [-0.39, 0.29) is 29.6 Å². The van der Waals surface area contributed by atoms with E-state index in [0.29, 0.717) is 6.42 Å². The van der Waals surface area contributed by atoms with Crippen LogP contribution in [-0.4, -0.2) is 51.1 Å². The molecule has 2 fully saturated rings. The lowest BCUT2D eigenvalue weighted by Gasteiger charge is -2.37. The second kappa shape index (κ2) is 6.72. The quantitative estimate of drug-likeness (QED) is 0.896. The van der Waals surface area contributed by atoms with Crippen molar-refractivity contribution in [2.45, 2.75) is 32.5 Å². The van der Waals surface area contributed by atoms with Gasteiger partial charge in [0.2, 0.25) is 5.91 Å². The fourth-order valence-corrected chi connectivity index (χ4v) is 5.21. The fraction of sp³-hybridized carbons (Fsp3) is 0.588. The highest BCUT2D eigenvalue weighted by atomic mass is 32.2. The first kappa shape index (κ1) is 17.2. The van der Waals surface area contributed by atoms with Crippen molar-refractivity contribution in [1.29, 1.82) is 0 Å². The van der Waals surface area contributed by atoms with Gasteiger partial charge in [-0.2, -0.15) is 0 Å². The Hall–Kier alpha value is -1.60. The Balaban J connectivity index is 1.76. The maximum Gasteiger partial charge on any atom is 0.228 e. The van der Waals surface area contributed by atoms with Crippen molar-refractivity contribution >= 4 is 27.1 Å². The number of nitrogens with one attached hydrogen (secondary N) is 1. The standard InChI is InChI=1S/C17H24N2O4S/c1-12-9-19(10-13(2)23-12)16-6-4-3-5-15(16)18-17(20)14-7-8-24(21,22)11-14/h3-6,12-14H,7-11H2,1-2H3,(H,18,20)/t12-,13+,14-/m1/s1. The molecule has 1 N–H and O–H groups in total. The third-order valence-electron chi connectivity index (χ3n) is 4.53. The summed E-state index contributed by atoms with van der Waals surface area (Å²) in [6.07, 6.45) is 0.650. The van der Waals surface area contributed by atoms with E-state index < -0.39 is 15.8 Å². The molecule has 2 saturated heterocycles. The molecule has 1 amide bonds. The van der Waals surface area contributed by atoms with Crippen molar-refractivity contribution in [2.75, 3.05) is 34.8 Å². The molecule has 132 valence electrons. The van der Waals surface area contributed by atoms with Crippen LogP contribution in [0.5, 0.6) is 0 Å². The summed E-state index contributed by atoms with van der Waals surface area (Å²) in [5.74, 6) is -0.610. The number of sulfone groups is 1. The maximum absolute atomic E-state index is 12.4. The van der Waals surface area contributed by atoms with Crippen LogP contribution in [0.2, 0.25) is 0 Å². The van der Waals surface area contributed by atoms with Crippen LogP contribution in [0.15, 0.2) is 24.3 Å². The Morgan fingerprint density at radius 3 is 2.50 bits per heavy atom. The number of ether oxygens (including phenoxy) is 1. The van der Waals surface area contributed by atoms with Crippen molar-refractivity contribution < 1.29 is 17.9 Å². The molecule has 7 heteroatoms. The van der Waals surface area contributed by atoms with Crippen molar-refractivity contribution in [3.05, 3.63) is 24.3 Å². The average molecular weight is 352 g/mol. The van der Waals surface area contributed by atoms with E-state index in [0.717, 1.165) is 24.5 Å². The topological polar surface area (TPSA) is 75.7 Å². The summed E-state index contributed by atoms with van der Waals surface area (Å²) in [4.78, 5) is 14.7. The number of para-hydroxylation sites is 2. The number of hydrogen-bond donors (Lipinski definition) is 1. The minimum atomic E-state index is -3.07. The number of carbonyl (C=O) groups is 1. The van der Waals surface area contributed by atoms with Gasteiger partial charge in [-0.15, -0.1) is 0 Å². The molecule has 2 aliphatic heterocycles. The van der Waals surface area contributed by atoms with Crippen LogP contribution in [0.25, 0.3) is 0 Å². The highest BCUT2D eigenvalue weighted by Gasteiger charge is 2.33. The number of benzene rings is 1. The third kappa shape index (κ3) is 3.89. The van der Waals surface area contributed by atoms with Gasteiger partial charge in [0.1, 0.15) is 0 Å². The number of hydrogen-bond acceptors (Lipinski definition) is 5. The Bertz CT molecular complexity index is 709. The van der Waals surface area contributed by atoms with Gasteiger partial charge >= 0.3 is 0 Å². The first-order valence-electron chi connectivity index (χ1n) is 8.35. The van der Waals surface area contributed by atoms with Gasteiger partial charge in [-0.3, -0.25) is 4.79 Å². The van der Waals surface area contributed by atoms with Crippen LogP contribution in [0, 0.1) is 5.92 Å². The molecule has 0 aliphatic carbocycles. The number of carbonyl (C=O) groups excluding carboxylic acids is 1. The molecule has 2 heterocycles. The van der Waals surface area contributed by atoms with Gasteiger partial charge in [0.25, 0.3) is 0 Å². The zero-order valence-corrected chi connectivity index (χ0v) is 14.9. The van der Waals surface area contributed by atoms with E-state index >= 15 is 0 Å². The summed E-state index contributed by atoms with van der Waals surface area (Å²) >= 11 is 0. The highest BCUT2D eigenvalue weighted by Crippen LogP contribution is 2.30. The summed E-state index contributed by atoms with van der Waals surface area (Å²) in [7, 11) is -3.07. The zero-order chi connectivity index (χ0) is 17.3. The van der Waals surface area contributed by atoms with Gasteiger partial charge in [-0.05, 0) is 32.4 Å². The largest absolute Gasteiger partial charge is 0.372 e. The first-order chi connectivity index (χ1) is 11.3. The van der Waals surface area contributed by atoms with E-state index in [2.05, 4.69) is 10.2 Å². The smallest absolute Gasteiger partial charge is 0.228 e. The molecule has 6 nitrogen and oxygen atoms in total. The summed E-state index contributed by atoms with van der Waals surface area (Å²) < 4.78 is 28.9. The van der Waals surface area contributed by atoms with Crippen LogP contribution in [0.1, 0.15) is 20.3 Å². The molecule has 3 rings (SSSR count). The number of amides is 1. The average Bonchev–Trinajstić information content (AvgIpc) is 2.87. The maximum atomic E-state index is 12.4. The van der Waals surface area contributed by atoms with E-state index in [9.17, 15) is 13.2 Å². The molecule has 0 aromatic heterocycles. The Kier molecular flexibility index (Phi) is 4.83. The zero-order valence-electron chi connectivity index (χ0n) is 14.1. The molecule has 0 unspecified atom stereocenters. The molecule has 3 atom stereocenters. The summed E-state index contributed by atoms with van der Waals surface area (Å²) in [5.41, 5.74) is 1.68. The van der Waals surface area contributed by atoms with E-state index in [4.69, 9.17) is 4.74 Å². The van der Waals surface area contributed by atoms with E-state index in [1.165, 1.54) is 0 Å². The van der Waals surface area contributed by atoms with Crippen molar-refractivity contribution in [3.63, 3.8) is 0 Å². The predicted octanol–water partition coefficient (Wildman–Crippen LogP) is 1.67. The van der Waals surface area contributed by atoms with Gasteiger partial charge in [-0.25, -0.2) is 8.42 Å². The number of morpholine rings is 1. The van der Waals surface area contributed by atoms with Crippen LogP contribution < -0.4 is 10.2 Å². The molecule has 1 aromatic carbocycles. The Morgan fingerprint density at radius 1 is 1.21 bits per heavy atom. The molecule has 0 spiro atoms. The lowest BCUT2D eigenvalue weighted by molar-refractivity contribution is -0.119. The summed E-state index contributed by atoms with van der Waals surface area (Å²) in [5, 5.41) is 2.93. The third-order valence-corrected chi connectivity index (χ3v) is 6.29. The Labute approximate surface area is 143 Å². The van der Waals surface area contributed by atoms with Crippen LogP contribution in [-0.2, 0) is 19.4 Å². The van der Waals surface area contributed by atoms with Crippen molar-refractivity contribution in [2.24, 2.45) is 5.92 Å². The van der Waals surface area contributed by atoms with Gasteiger partial charge in [0.15, 0.2) is 9.84 Å². The summed E-state index contributed by atoms with van der Waals surface area (Å²) in [6.45, 7) is 5.59. The normalized spacial score (nSPS) is 29.4. The molecule has 24 heavy (non-hydrogen) atoms. The molecule has 0 radical (unpaired) electrons. The minimum Gasteiger partial charge on any atom is -0.372 e. The second-order valence-electron chi connectivity index (χ2n) is 6.77. The van der Waals surface area contributed by atoms with Crippen molar-refractivity contribution in [3.8, 4) is 0 Å². The number of anilines is 2. The van der Waals surface area contributed by atoms with Gasteiger partial charge < -0.3 is 15.0 Å².